The van der Waals surface area contributed by atoms with E-state index in [-0.39, 0.29) is 18.7 Å². The monoisotopic (exact) mass is 226 g/mol. The summed E-state index contributed by atoms with van der Waals surface area (Å²) in [5.74, 6) is -3.17. The van der Waals surface area contributed by atoms with Gasteiger partial charge in [0.05, 0.1) is 0 Å². The van der Waals surface area contributed by atoms with E-state index in [9.17, 15) is 13.6 Å². The van der Waals surface area contributed by atoms with Gasteiger partial charge in [0, 0.05) is 25.0 Å². The van der Waals surface area contributed by atoms with Gasteiger partial charge in [-0.3, -0.25) is 4.79 Å². The number of aromatic nitrogens is 1. The molecule has 1 aliphatic carbocycles. The van der Waals surface area contributed by atoms with E-state index in [4.69, 9.17) is 0 Å². The molecule has 1 aromatic heterocycles. The molecule has 0 radical (unpaired) electrons. The maximum absolute atomic E-state index is 12.6. The van der Waals surface area contributed by atoms with E-state index in [0.717, 1.165) is 5.56 Å². The van der Waals surface area contributed by atoms with Crippen LogP contribution in [-0.2, 0) is 4.79 Å². The summed E-state index contributed by atoms with van der Waals surface area (Å²) in [6.07, 6.45) is 0.841. The van der Waals surface area contributed by atoms with E-state index in [1.54, 1.807) is 25.3 Å². The standard InChI is InChI=1S/C11H12F2N2O/c1-7-3-2-4-14-9(7)15-10(16)8-5-11(12,13)6-8/h2-4,8H,5-6H2,1H3,(H,14,15,16). The Morgan fingerprint density at radius 3 is 2.81 bits per heavy atom. The lowest BCUT2D eigenvalue weighted by Crippen LogP contribution is -2.42. The normalized spacial score (nSPS) is 18.9. The van der Waals surface area contributed by atoms with E-state index >= 15 is 0 Å². The lowest BCUT2D eigenvalue weighted by Gasteiger charge is -2.33. The number of carbonyl (C=O) groups is 1. The van der Waals surface area contributed by atoms with Crippen molar-refractivity contribution < 1.29 is 13.6 Å². The average Bonchev–Trinajstić information content (AvgIpc) is 2.17. The Kier molecular flexibility index (Phi) is 2.61. The number of aryl methyl sites for hydroxylation is 1. The van der Waals surface area contributed by atoms with E-state index in [0.29, 0.717) is 5.82 Å². The third-order valence-electron chi connectivity index (χ3n) is 2.71. The first-order valence-corrected chi connectivity index (χ1v) is 5.08. The molecule has 0 spiro atoms. The highest BCUT2D eigenvalue weighted by molar-refractivity contribution is 5.93. The van der Waals surface area contributed by atoms with Gasteiger partial charge in [0.1, 0.15) is 5.82 Å². The minimum Gasteiger partial charge on any atom is -0.310 e. The molecule has 0 atom stereocenters. The fourth-order valence-corrected chi connectivity index (χ4v) is 1.68. The highest BCUT2D eigenvalue weighted by atomic mass is 19.3. The van der Waals surface area contributed by atoms with Gasteiger partial charge in [0.15, 0.2) is 0 Å². The number of carbonyl (C=O) groups excluding carboxylic acids is 1. The van der Waals surface area contributed by atoms with Crippen LogP contribution in [0.4, 0.5) is 14.6 Å². The Morgan fingerprint density at radius 1 is 1.56 bits per heavy atom. The molecule has 1 aliphatic rings. The zero-order valence-corrected chi connectivity index (χ0v) is 8.84. The van der Waals surface area contributed by atoms with Crippen molar-refractivity contribution in [2.75, 3.05) is 5.32 Å². The van der Waals surface area contributed by atoms with E-state index < -0.39 is 11.8 Å². The van der Waals surface area contributed by atoms with Gasteiger partial charge in [-0.1, -0.05) is 6.07 Å². The third-order valence-corrected chi connectivity index (χ3v) is 2.71. The number of amides is 1. The van der Waals surface area contributed by atoms with Crippen LogP contribution < -0.4 is 5.32 Å². The molecule has 16 heavy (non-hydrogen) atoms. The van der Waals surface area contributed by atoms with Crippen LogP contribution in [0.1, 0.15) is 18.4 Å². The van der Waals surface area contributed by atoms with Gasteiger partial charge in [0.25, 0.3) is 0 Å². The number of pyridine rings is 1. The maximum atomic E-state index is 12.6. The van der Waals surface area contributed by atoms with Crippen molar-refractivity contribution in [1.29, 1.82) is 0 Å². The summed E-state index contributed by atoms with van der Waals surface area (Å²) in [6, 6.07) is 3.56. The summed E-state index contributed by atoms with van der Waals surface area (Å²) in [5.41, 5.74) is 0.821. The summed E-state index contributed by atoms with van der Waals surface area (Å²) in [6.45, 7) is 1.80. The van der Waals surface area contributed by atoms with Crippen LogP contribution in [0.3, 0.4) is 0 Å². The smallest absolute Gasteiger partial charge is 0.249 e. The van der Waals surface area contributed by atoms with Gasteiger partial charge in [-0.15, -0.1) is 0 Å². The molecular weight excluding hydrogens is 214 g/mol. The number of nitrogens with zero attached hydrogens (tertiary/aromatic N) is 1. The number of anilines is 1. The number of hydrogen-bond donors (Lipinski definition) is 1. The van der Waals surface area contributed by atoms with Crippen LogP contribution in [0.25, 0.3) is 0 Å². The quantitative estimate of drug-likeness (QED) is 0.841. The predicted molar refractivity (Wildman–Crippen MR) is 55.3 cm³/mol. The fourth-order valence-electron chi connectivity index (χ4n) is 1.68. The van der Waals surface area contributed by atoms with Crippen molar-refractivity contribution in [3.63, 3.8) is 0 Å². The van der Waals surface area contributed by atoms with Crippen LogP contribution in [-0.4, -0.2) is 16.8 Å². The molecule has 2 rings (SSSR count). The molecule has 1 fully saturated rings. The maximum Gasteiger partial charge on any atom is 0.249 e. The number of hydrogen-bond acceptors (Lipinski definition) is 2. The topological polar surface area (TPSA) is 42.0 Å². The van der Waals surface area contributed by atoms with Crippen molar-refractivity contribution in [2.24, 2.45) is 5.92 Å². The molecule has 1 aromatic rings. The second-order valence-electron chi connectivity index (χ2n) is 4.12. The van der Waals surface area contributed by atoms with Crippen LogP contribution in [0, 0.1) is 12.8 Å². The first kappa shape index (κ1) is 11.0. The Bertz CT molecular complexity index is 412. The van der Waals surface area contributed by atoms with Gasteiger partial charge < -0.3 is 5.32 Å². The lowest BCUT2D eigenvalue weighted by atomic mass is 9.81. The van der Waals surface area contributed by atoms with Crippen molar-refractivity contribution >= 4 is 11.7 Å². The van der Waals surface area contributed by atoms with E-state index in [1.807, 2.05) is 0 Å². The van der Waals surface area contributed by atoms with Crippen LogP contribution >= 0.6 is 0 Å². The summed E-state index contributed by atoms with van der Waals surface area (Å²) in [7, 11) is 0. The Balaban J connectivity index is 1.96. The highest BCUT2D eigenvalue weighted by Crippen LogP contribution is 2.42. The Hall–Kier alpha value is -1.52. The summed E-state index contributed by atoms with van der Waals surface area (Å²) < 4.78 is 25.1. The van der Waals surface area contributed by atoms with Crippen LogP contribution in [0.15, 0.2) is 18.3 Å². The second kappa shape index (κ2) is 3.81. The van der Waals surface area contributed by atoms with Crippen LogP contribution in [0.5, 0.6) is 0 Å². The largest absolute Gasteiger partial charge is 0.310 e. The zero-order chi connectivity index (χ0) is 11.8. The molecule has 1 N–H and O–H groups in total. The Morgan fingerprint density at radius 2 is 2.25 bits per heavy atom. The second-order valence-corrected chi connectivity index (χ2v) is 4.12. The van der Waals surface area contributed by atoms with Crippen molar-refractivity contribution in [3.8, 4) is 0 Å². The molecular formula is C11H12F2N2O. The van der Waals surface area contributed by atoms with Crippen molar-refractivity contribution in [3.05, 3.63) is 23.9 Å². The number of halogens is 2. The fraction of sp³-hybridized carbons (Fsp3) is 0.455. The molecule has 5 heteroatoms. The van der Waals surface area contributed by atoms with E-state index in [1.165, 1.54) is 0 Å². The Labute approximate surface area is 91.9 Å². The third kappa shape index (κ3) is 2.18. The molecule has 3 nitrogen and oxygen atoms in total. The summed E-state index contributed by atoms with van der Waals surface area (Å²) in [4.78, 5) is 15.5. The number of nitrogens with one attached hydrogen (secondary N) is 1. The number of rotatable bonds is 2. The van der Waals surface area contributed by atoms with Crippen molar-refractivity contribution in [2.45, 2.75) is 25.7 Å². The molecule has 0 unspecified atom stereocenters. The molecule has 0 saturated heterocycles. The molecule has 1 saturated carbocycles. The molecule has 1 heterocycles. The number of alkyl halides is 2. The zero-order valence-electron chi connectivity index (χ0n) is 8.84. The minimum absolute atomic E-state index is 0.356. The predicted octanol–water partition coefficient (Wildman–Crippen LogP) is 2.37. The lowest BCUT2D eigenvalue weighted by molar-refractivity contribution is -0.145. The molecule has 86 valence electrons. The summed E-state index contributed by atoms with van der Waals surface area (Å²) in [5, 5.41) is 2.57. The molecule has 0 aliphatic heterocycles. The van der Waals surface area contributed by atoms with Gasteiger partial charge in [-0.05, 0) is 18.6 Å². The van der Waals surface area contributed by atoms with Gasteiger partial charge in [-0.25, -0.2) is 13.8 Å². The van der Waals surface area contributed by atoms with Gasteiger partial charge in [0.2, 0.25) is 11.8 Å². The van der Waals surface area contributed by atoms with Gasteiger partial charge in [-0.2, -0.15) is 0 Å². The first-order valence-electron chi connectivity index (χ1n) is 5.08. The molecule has 1 amide bonds. The minimum atomic E-state index is -2.67. The first-order chi connectivity index (χ1) is 7.48. The average molecular weight is 226 g/mol. The van der Waals surface area contributed by atoms with Gasteiger partial charge >= 0.3 is 0 Å². The van der Waals surface area contributed by atoms with Crippen LogP contribution in [0.2, 0.25) is 0 Å². The summed E-state index contributed by atoms with van der Waals surface area (Å²) >= 11 is 0. The SMILES string of the molecule is Cc1cccnc1NC(=O)C1CC(F)(F)C1. The van der Waals surface area contributed by atoms with E-state index in [2.05, 4.69) is 10.3 Å². The van der Waals surface area contributed by atoms with Crippen molar-refractivity contribution in [1.82, 2.24) is 4.98 Å². The molecule has 0 bridgehead atoms. The highest BCUT2D eigenvalue weighted by Gasteiger charge is 2.48. The molecule has 0 aromatic carbocycles.